The predicted molar refractivity (Wildman–Crippen MR) is 205 cm³/mol. The Morgan fingerprint density at radius 3 is 1.06 bits per heavy atom. The van der Waals surface area contributed by atoms with Gasteiger partial charge in [-0.15, -0.1) is 0 Å². The number of primary amides is 1. The molecule has 1 aliphatic heterocycles. The number of hydrogen-bond acceptors (Lipinski definition) is 6. The summed E-state index contributed by atoms with van der Waals surface area (Å²) < 4.78 is 5.08. The average molecular weight is 728 g/mol. The number of nitrogens with two attached hydrogens (primary N) is 1. The molecule has 1 saturated heterocycles. The second-order valence-electron chi connectivity index (χ2n) is 17.7. The fourth-order valence-corrected chi connectivity index (χ4v) is 6.85. The fourth-order valence-electron chi connectivity index (χ4n) is 6.85. The smallest absolute Gasteiger partial charge is 0.315 e. The first-order chi connectivity index (χ1) is 22.9. The predicted octanol–water partition coefficient (Wildman–Crippen LogP) is 9.12. The van der Waals surface area contributed by atoms with Gasteiger partial charge in [0.2, 0.25) is 5.91 Å². The Morgan fingerprint density at radius 2 is 0.922 bits per heavy atom. The van der Waals surface area contributed by atoms with Crippen molar-refractivity contribution in [3.05, 3.63) is 12.3 Å². The molecule has 0 aromatic heterocycles. The summed E-state index contributed by atoms with van der Waals surface area (Å²) in [7, 11) is 0. The monoisotopic (exact) mass is 728 g/mol. The van der Waals surface area contributed by atoms with Gasteiger partial charge >= 0.3 is 23.9 Å². The van der Waals surface area contributed by atoms with Gasteiger partial charge < -0.3 is 25.8 Å². The molecule has 1 aliphatic rings. The number of amides is 1. The van der Waals surface area contributed by atoms with Crippen LogP contribution in [-0.4, -0.2) is 45.1 Å². The molecule has 0 radical (unpaired) electrons. The second kappa shape index (κ2) is 23.6. The van der Waals surface area contributed by atoms with Gasteiger partial charge in [0.25, 0.3) is 0 Å². The van der Waals surface area contributed by atoms with Gasteiger partial charge in [-0.2, -0.15) is 0 Å². The minimum absolute atomic E-state index is 0.00694. The van der Waals surface area contributed by atoms with E-state index < -0.39 is 47.5 Å². The van der Waals surface area contributed by atoms with Crippen LogP contribution >= 0.6 is 0 Å². The number of aliphatic carboxylic acids is 3. The zero-order valence-electron chi connectivity index (χ0n) is 35.4. The van der Waals surface area contributed by atoms with Gasteiger partial charge in [0, 0.05) is 5.92 Å². The summed E-state index contributed by atoms with van der Waals surface area (Å²) in [5.41, 5.74) is 5.73. The third kappa shape index (κ3) is 18.4. The van der Waals surface area contributed by atoms with Gasteiger partial charge in [-0.25, -0.2) is 0 Å². The third-order valence-corrected chi connectivity index (χ3v) is 10.0. The van der Waals surface area contributed by atoms with Gasteiger partial charge in [-0.1, -0.05) is 131 Å². The van der Waals surface area contributed by atoms with E-state index in [0.29, 0.717) is 23.0 Å². The molecule has 1 fully saturated rings. The lowest BCUT2D eigenvalue weighted by molar-refractivity contribution is -0.157. The largest absolute Gasteiger partial charge is 0.481 e. The molecule has 0 aromatic carbocycles. The van der Waals surface area contributed by atoms with Crippen LogP contribution in [0.2, 0.25) is 0 Å². The zero-order valence-corrected chi connectivity index (χ0v) is 35.4. The van der Waals surface area contributed by atoms with E-state index in [1.165, 1.54) is 6.42 Å². The molecule has 1 rings (SSSR count). The maximum atomic E-state index is 11.5. The molecule has 0 aliphatic carbocycles. The van der Waals surface area contributed by atoms with Crippen LogP contribution in [-0.2, 0) is 28.7 Å². The lowest BCUT2D eigenvalue weighted by Crippen LogP contribution is -2.40. The first-order valence-electron chi connectivity index (χ1n) is 18.8. The summed E-state index contributed by atoms with van der Waals surface area (Å²) in [6.45, 7) is 40.2. The molecule has 51 heavy (non-hydrogen) atoms. The summed E-state index contributed by atoms with van der Waals surface area (Å²) in [6, 6.07) is 0. The summed E-state index contributed by atoms with van der Waals surface area (Å²) in [6.07, 6.45) is 1.34. The maximum absolute atomic E-state index is 11.5. The molecular formula is C41H77NO9. The normalized spacial score (nSPS) is 18.5. The van der Waals surface area contributed by atoms with E-state index in [2.05, 4.69) is 75.8 Å². The van der Waals surface area contributed by atoms with Crippen molar-refractivity contribution in [3.8, 4) is 0 Å². The van der Waals surface area contributed by atoms with E-state index in [1.54, 1.807) is 41.5 Å². The number of ether oxygens (including phenoxy) is 1. The second-order valence-corrected chi connectivity index (χ2v) is 17.7. The average Bonchev–Trinajstić information content (AvgIpc) is 3.22. The third-order valence-electron chi connectivity index (χ3n) is 10.0. The SMILES string of the molecule is C=C1OC(=O)C(C(C)C)C1C(C)C.CC(C)C(C(=O)O)C(C(=O)O)C(C)C.CC(C)C(C(N)=O)C(C(=O)O)C(C)C.CC(C)CC(C)(C)C(C)C. The summed E-state index contributed by atoms with van der Waals surface area (Å²) in [4.78, 5) is 55.4. The van der Waals surface area contributed by atoms with Crippen LogP contribution in [0.4, 0.5) is 0 Å². The van der Waals surface area contributed by atoms with Gasteiger partial charge in [-0.05, 0) is 59.2 Å². The van der Waals surface area contributed by atoms with Crippen LogP contribution in [0.5, 0.6) is 0 Å². The van der Waals surface area contributed by atoms with Crippen molar-refractivity contribution in [1.82, 2.24) is 0 Å². The molecule has 300 valence electrons. The Labute approximate surface area is 310 Å². The number of carboxylic acids is 3. The molecule has 6 atom stereocenters. The van der Waals surface area contributed by atoms with Crippen molar-refractivity contribution in [1.29, 1.82) is 0 Å². The van der Waals surface area contributed by atoms with Crippen LogP contribution in [0.1, 0.15) is 131 Å². The van der Waals surface area contributed by atoms with Crippen LogP contribution in [0, 0.1) is 88.3 Å². The van der Waals surface area contributed by atoms with Crippen molar-refractivity contribution in [2.45, 2.75) is 131 Å². The Kier molecular flexibility index (Phi) is 24.3. The lowest BCUT2D eigenvalue weighted by Gasteiger charge is -2.30. The number of esters is 1. The molecule has 0 saturated carbocycles. The molecule has 10 nitrogen and oxygen atoms in total. The minimum Gasteiger partial charge on any atom is -0.481 e. The van der Waals surface area contributed by atoms with Gasteiger partial charge in [0.05, 0.1) is 29.6 Å². The molecule has 0 bridgehead atoms. The van der Waals surface area contributed by atoms with E-state index in [9.17, 15) is 24.0 Å². The van der Waals surface area contributed by atoms with Crippen molar-refractivity contribution >= 4 is 29.8 Å². The van der Waals surface area contributed by atoms with E-state index in [-0.39, 0.29) is 41.5 Å². The van der Waals surface area contributed by atoms with Gasteiger partial charge in [-0.3, -0.25) is 24.0 Å². The topological polar surface area (TPSA) is 181 Å². The number of carbonyl (C=O) groups is 5. The first-order valence-corrected chi connectivity index (χ1v) is 18.8. The summed E-state index contributed by atoms with van der Waals surface area (Å²) in [5, 5.41) is 26.9. The highest BCUT2D eigenvalue weighted by molar-refractivity contribution is 5.84. The van der Waals surface area contributed by atoms with E-state index in [1.807, 2.05) is 13.8 Å². The van der Waals surface area contributed by atoms with Crippen LogP contribution < -0.4 is 5.73 Å². The Bertz CT molecular complexity index is 982. The number of hydrogen-bond donors (Lipinski definition) is 4. The molecule has 5 N–H and O–H groups in total. The molecule has 1 heterocycles. The highest BCUT2D eigenvalue weighted by Gasteiger charge is 2.43. The van der Waals surface area contributed by atoms with E-state index in [4.69, 9.17) is 25.8 Å². The number of cyclic esters (lactones) is 1. The number of carbonyl (C=O) groups excluding carboxylic acids is 2. The molecular weight excluding hydrogens is 650 g/mol. The molecule has 0 aromatic rings. The Morgan fingerprint density at radius 1 is 0.627 bits per heavy atom. The quantitative estimate of drug-likeness (QED) is 0.120. The summed E-state index contributed by atoms with van der Waals surface area (Å²) in [5.74, 6) is -3.76. The maximum Gasteiger partial charge on any atom is 0.315 e. The van der Waals surface area contributed by atoms with E-state index in [0.717, 1.165) is 11.8 Å². The number of rotatable bonds is 15. The zero-order chi connectivity index (χ0) is 41.5. The number of carboxylic acid groups (broad SMARTS) is 3. The van der Waals surface area contributed by atoms with E-state index >= 15 is 0 Å². The molecule has 6 unspecified atom stereocenters. The number of allylic oxidation sites excluding steroid dienone is 1. The molecule has 10 heteroatoms. The first kappa shape index (κ1) is 52.5. The van der Waals surface area contributed by atoms with Gasteiger partial charge in [0.1, 0.15) is 5.76 Å². The fraction of sp³-hybridized carbons (Fsp3) is 0.829. The lowest BCUT2D eigenvalue weighted by atomic mass is 9.75. The van der Waals surface area contributed by atoms with Crippen LogP contribution in [0.3, 0.4) is 0 Å². The molecule has 1 amide bonds. The Balaban J connectivity index is -0.000000607. The summed E-state index contributed by atoms with van der Waals surface area (Å²) >= 11 is 0. The van der Waals surface area contributed by atoms with Crippen LogP contribution in [0.25, 0.3) is 0 Å². The standard InChI is InChI=1S/C11H18O2.C10H19NO3.C10H18O4.C10H22/c1-6(2)9-8(5)13-11(12)10(9)7(3)4;2*1-5(2)7(9(11)12)8(6(3)4)10(13)14;1-8(2)7-10(5,6)9(3)4/h6-7,9-10H,5H2,1-4H3;5-8H,1-4H3,(H2,11,12)(H,13,14);5-8H,1-4H3,(H,11,12)(H,13,14);8-9H,7H2,1-6H3. The van der Waals surface area contributed by atoms with Crippen molar-refractivity contribution in [2.24, 2.45) is 94.0 Å². The van der Waals surface area contributed by atoms with Crippen molar-refractivity contribution in [2.75, 3.05) is 0 Å². The van der Waals surface area contributed by atoms with Crippen LogP contribution in [0.15, 0.2) is 12.3 Å². The molecule has 0 spiro atoms. The Hall–Kier alpha value is -2.91. The van der Waals surface area contributed by atoms with Gasteiger partial charge in [0.15, 0.2) is 0 Å². The highest BCUT2D eigenvalue weighted by Crippen LogP contribution is 2.40. The van der Waals surface area contributed by atoms with Crippen molar-refractivity contribution in [3.63, 3.8) is 0 Å². The highest BCUT2D eigenvalue weighted by atomic mass is 16.5. The van der Waals surface area contributed by atoms with Crippen molar-refractivity contribution < 1.29 is 44.0 Å². The minimum atomic E-state index is -1.03.